The summed E-state index contributed by atoms with van der Waals surface area (Å²) in [5.41, 5.74) is 5.57. The van der Waals surface area contributed by atoms with Gasteiger partial charge in [-0.1, -0.05) is 6.07 Å². The Morgan fingerprint density at radius 3 is 2.60 bits per heavy atom. The van der Waals surface area contributed by atoms with Crippen LogP contribution >= 0.6 is 12.4 Å². The number of aromatic hydroxyl groups is 1. The Morgan fingerprint density at radius 2 is 2.13 bits per heavy atom. The summed E-state index contributed by atoms with van der Waals surface area (Å²) in [5.74, 6) is -2.01. The summed E-state index contributed by atoms with van der Waals surface area (Å²) in [6.45, 7) is 0. The first-order valence-electron chi connectivity index (χ1n) is 3.96. The van der Waals surface area contributed by atoms with E-state index in [2.05, 4.69) is 0 Å². The number of carboxylic acid groups (broad SMARTS) is 1. The first kappa shape index (κ1) is 13.7. The van der Waals surface area contributed by atoms with Gasteiger partial charge in [-0.25, -0.2) is 4.39 Å². The van der Waals surface area contributed by atoms with Crippen molar-refractivity contribution in [3.63, 3.8) is 0 Å². The Balaban J connectivity index is 0.00000196. The standard InChI is InChI=1S/C9H10FNO3.ClH/c10-6-2-1-5(8(12)4-6)3-7(11)9(13)14;/h1-2,4,7,12H,3,11H2,(H,13,14);1H/t7-;/m0./s1. The Labute approximate surface area is 91.9 Å². The first-order chi connectivity index (χ1) is 6.50. The third-order valence-corrected chi connectivity index (χ3v) is 1.80. The molecule has 84 valence electrons. The van der Waals surface area contributed by atoms with Gasteiger partial charge in [-0.3, -0.25) is 4.79 Å². The zero-order valence-electron chi connectivity index (χ0n) is 7.68. The molecule has 1 aromatic rings. The largest absolute Gasteiger partial charge is 0.508 e. The molecule has 0 spiro atoms. The van der Waals surface area contributed by atoms with Gasteiger partial charge < -0.3 is 15.9 Å². The molecule has 0 aliphatic rings. The van der Waals surface area contributed by atoms with Crippen molar-refractivity contribution in [1.82, 2.24) is 0 Å². The number of benzene rings is 1. The summed E-state index contributed by atoms with van der Waals surface area (Å²) in [7, 11) is 0. The van der Waals surface area contributed by atoms with Crippen molar-refractivity contribution in [2.75, 3.05) is 0 Å². The number of carbonyl (C=O) groups is 1. The number of hydrogen-bond donors (Lipinski definition) is 3. The Hall–Kier alpha value is -1.33. The van der Waals surface area contributed by atoms with Gasteiger partial charge in [0.1, 0.15) is 17.6 Å². The lowest BCUT2D eigenvalue weighted by Gasteiger charge is -2.07. The second-order valence-electron chi connectivity index (χ2n) is 2.92. The molecular weight excluding hydrogens is 225 g/mol. The molecule has 0 bridgehead atoms. The number of phenolic OH excluding ortho intramolecular Hbond substituents is 1. The van der Waals surface area contributed by atoms with Gasteiger partial charge in [0.05, 0.1) is 0 Å². The molecule has 15 heavy (non-hydrogen) atoms. The highest BCUT2D eigenvalue weighted by Crippen LogP contribution is 2.19. The van der Waals surface area contributed by atoms with Crippen molar-refractivity contribution in [3.8, 4) is 5.75 Å². The number of phenols is 1. The topological polar surface area (TPSA) is 83.5 Å². The average Bonchev–Trinajstić information content (AvgIpc) is 2.09. The summed E-state index contributed by atoms with van der Waals surface area (Å²) in [6.07, 6.45) is -0.0263. The Morgan fingerprint density at radius 1 is 1.53 bits per heavy atom. The molecule has 4 N–H and O–H groups in total. The molecule has 0 aliphatic carbocycles. The molecule has 0 saturated heterocycles. The maximum Gasteiger partial charge on any atom is 0.320 e. The minimum Gasteiger partial charge on any atom is -0.508 e. The summed E-state index contributed by atoms with van der Waals surface area (Å²) in [6, 6.07) is 2.28. The van der Waals surface area contributed by atoms with Crippen LogP contribution in [0.25, 0.3) is 0 Å². The number of hydrogen-bond acceptors (Lipinski definition) is 3. The molecule has 0 fully saturated rings. The summed E-state index contributed by atoms with van der Waals surface area (Å²) >= 11 is 0. The molecular formula is C9H11ClFNO3. The molecule has 0 amide bonds. The number of carboxylic acids is 1. The fourth-order valence-corrected chi connectivity index (χ4v) is 1.03. The number of aliphatic carboxylic acids is 1. The van der Waals surface area contributed by atoms with E-state index < -0.39 is 17.8 Å². The van der Waals surface area contributed by atoms with Crippen molar-refractivity contribution in [2.45, 2.75) is 12.5 Å². The zero-order chi connectivity index (χ0) is 10.7. The maximum atomic E-state index is 12.5. The van der Waals surface area contributed by atoms with Crippen molar-refractivity contribution >= 4 is 18.4 Å². The monoisotopic (exact) mass is 235 g/mol. The van der Waals surface area contributed by atoms with Gasteiger partial charge in [0.15, 0.2) is 0 Å². The fraction of sp³-hybridized carbons (Fsp3) is 0.222. The van der Waals surface area contributed by atoms with Crippen LogP contribution in [0.1, 0.15) is 5.56 Å². The predicted molar refractivity (Wildman–Crippen MR) is 54.6 cm³/mol. The first-order valence-corrected chi connectivity index (χ1v) is 3.96. The lowest BCUT2D eigenvalue weighted by atomic mass is 10.1. The van der Waals surface area contributed by atoms with Crippen molar-refractivity contribution in [1.29, 1.82) is 0 Å². The Bertz CT molecular complexity index is 359. The number of rotatable bonds is 3. The minimum absolute atomic E-state index is 0. The molecule has 0 aromatic heterocycles. The Kier molecular flexibility index (Phi) is 5.04. The molecule has 4 nitrogen and oxygen atoms in total. The second-order valence-corrected chi connectivity index (χ2v) is 2.92. The lowest BCUT2D eigenvalue weighted by Crippen LogP contribution is -2.32. The molecule has 6 heteroatoms. The highest BCUT2D eigenvalue weighted by Gasteiger charge is 2.14. The van der Waals surface area contributed by atoms with Gasteiger partial charge in [0, 0.05) is 12.5 Å². The van der Waals surface area contributed by atoms with Crippen molar-refractivity contribution in [3.05, 3.63) is 29.6 Å². The molecule has 1 atom stereocenters. The zero-order valence-corrected chi connectivity index (χ0v) is 8.50. The third-order valence-electron chi connectivity index (χ3n) is 1.80. The van der Waals surface area contributed by atoms with Gasteiger partial charge in [-0.05, 0) is 11.6 Å². The molecule has 0 radical (unpaired) electrons. The van der Waals surface area contributed by atoms with Crippen LogP contribution in [0, 0.1) is 5.82 Å². The van der Waals surface area contributed by atoms with E-state index in [0.29, 0.717) is 5.56 Å². The third kappa shape index (κ3) is 3.73. The van der Waals surface area contributed by atoms with Crippen LogP contribution in [0.4, 0.5) is 4.39 Å². The van der Waals surface area contributed by atoms with E-state index in [1.807, 2.05) is 0 Å². The van der Waals surface area contributed by atoms with Gasteiger partial charge in [-0.15, -0.1) is 12.4 Å². The van der Waals surface area contributed by atoms with Crippen molar-refractivity contribution in [2.24, 2.45) is 5.73 Å². The molecule has 0 unspecified atom stereocenters. The molecule has 0 aliphatic heterocycles. The average molecular weight is 236 g/mol. The van der Waals surface area contributed by atoms with Crippen LogP contribution < -0.4 is 5.73 Å². The van der Waals surface area contributed by atoms with E-state index in [1.54, 1.807) is 0 Å². The van der Waals surface area contributed by atoms with Gasteiger partial charge in [0.2, 0.25) is 0 Å². The highest BCUT2D eigenvalue weighted by molar-refractivity contribution is 5.85. The van der Waals surface area contributed by atoms with E-state index in [9.17, 15) is 14.3 Å². The van der Waals surface area contributed by atoms with Crippen LogP contribution in [-0.2, 0) is 11.2 Å². The van der Waals surface area contributed by atoms with Gasteiger partial charge >= 0.3 is 5.97 Å². The van der Waals surface area contributed by atoms with E-state index in [-0.39, 0.29) is 24.6 Å². The molecule has 1 aromatic carbocycles. The second kappa shape index (κ2) is 5.53. The number of nitrogens with two attached hydrogens (primary N) is 1. The summed E-state index contributed by atoms with van der Waals surface area (Å²) in [4.78, 5) is 10.4. The van der Waals surface area contributed by atoms with Gasteiger partial charge in [-0.2, -0.15) is 0 Å². The highest BCUT2D eigenvalue weighted by atomic mass is 35.5. The SMILES string of the molecule is Cl.N[C@@H](Cc1ccc(F)cc1O)C(=O)O. The van der Waals surface area contributed by atoms with E-state index in [0.717, 1.165) is 12.1 Å². The normalized spacial score (nSPS) is 11.6. The van der Waals surface area contributed by atoms with Crippen molar-refractivity contribution < 1.29 is 19.4 Å². The lowest BCUT2D eigenvalue weighted by molar-refractivity contribution is -0.138. The van der Waals surface area contributed by atoms with Gasteiger partial charge in [0.25, 0.3) is 0 Å². The number of halogens is 2. The fourth-order valence-electron chi connectivity index (χ4n) is 1.03. The van der Waals surface area contributed by atoms with Crippen LogP contribution in [0.5, 0.6) is 5.75 Å². The van der Waals surface area contributed by atoms with E-state index in [4.69, 9.17) is 10.8 Å². The summed E-state index contributed by atoms with van der Waals surface area (Å²) in [5, 5.41) is 17.7. The molecule has 1 rings (SSSR count). The maximum absolute atomic E-state index is 12.5. The molecule has 0 heterocycles. The smallest absolute Gasteiger partial charge is 0.320 e. The molecule has 0 saturated carbocycles. The van der Waals surface area contributed by atoms with Crippen LogP contribution in [-0.4, -0.2) is 22.2 Å². The quantitative estimate of drug-likeness (QED) is 0.727. The summed E-state index contributed by atoms with van der Waals surface area (Å²) < 4.78 is 12.5. The van der Waals surface area contributed by atoms with Crippen LogP contribution in [0.3, 0.4) is 0 Å². The van der Waals surface area contributed by atoms with E-state index in [1.165, 1.54) is 6.07 Å². The predicted octanol–water partition coefficient (Wildman–Crippen LogP) is 0.908. The van der Waals surface area contributed by atoms with Crippen LogP contribution in [0.2, 0.25) is 0 Å². The minimum atomic E-state index is -1.16. The van der Waals surface area contributed by atoms with Crippen LogP contribution in [0.15, 0.2) is 18.2 Å². The van der Waals surface area contributed by atoms with E-state index >= 15 is 0 Å².